The van der Waals surface area contributed by atoms with Crippen LogP contribution in [-0.2, 0) is 11.2 Å². The molecule has 0 spiro atoms. The highest BCUT2D eigenvalue weighted by Gasteiger charge is 2.12. The van der Waals surface area contributed by atoms with Gasteiger partial charge in [0.1, 0.15) is 5.60 Å². The van der Waals surface area contributed by atoms with Crippen LogP contribution in [0.4, 0.5) is 4.79 Å². The molecule has 3 rings (SSSR count). The number of nitrogens with zero attached hydrogens (tertiary/aromatic N) is 1. The molecule has 0 aromatic heterocycles. The molecule has 3 aromatic rings. The Labute approximate surface area is 178 Å². The first-order chi connectivity index (χ1) is 14.2. The molecule has 0 bridgehead atoms. The Morgan fingerprint density at radius 1 is 0.900 bits per heavy atom. The summed E-state index contributed by atoms with van der Waals surface area (Å²) in [5, 5.41) is 11.1. The minimum absolute atomic E-state index is 0.453. The molecule has 30 heavy (non-hydrogen) atoms. The first-order valence-electron chi connectivity index (χ1n) is 9.73. The fourth-order valence-corrected chi connectivity index (χ4v) is 2.66. The Kier molecular flexibility index (Phi) is 7.62. The Bertz CT molecular complexity index is 1120. The van der Waals surface area contributed by atoms with Gasteiger partial charge in [0.15, 0.2) is 0 Å². The molecule has 0 saturated carbocycles. The van der Waals surface area contributed by atoms with Gasteiger partial charge >= 0.3 is 6.09 Å². The van der Waals surface area contributed by atoms with Crippen molar-refractivity contribution in [3.05, 3.63) is 82.9 Å². The van der Waals surface area contributed by atoms with E-state index >= 15 is 0 Å². The lowest BCUT2D eigenvalue weighted by atomic mass is 10.0. The van der Waals surface area contributed by atoms with Gasteiger partial charge in [0, 0.05) is 11.1 Å². The maximum Gasteiger partial charge on any atom is 0.405 e. The smallest absolute Gasteiger partial charge is 0.405 e. The monoisotopic (exact) mass is 398 g/mol. The highest BCUT2D eigenvalue weighted by Crippen LogP contribution is 2.17. The average molecular weight is 399 g/mol. The highest BCUT2D eigenvalue weighted by atomic mass is 16.6. The van der Waals surface area contributed by atoms with E-state index in [0.29, 0.717) is 5.56 Å². The number of amides is 1. The zero-order chi connectivity index (χ0) is 22.1. The SMILES string of the molecule is CC(C)(C)OC(N)=O.CCc1ccc(C#Cc2ccc3cc(C#N)ccc3c2)cc1. The van der Waals surface area contributed by atoms with Crippen LogP contribution < -0.4 is 5.73 Å². The number of hydrogen-bond donors (Lipinski definition) is 1. The van der Waals surface area contributed by atoms with Crippen molar-refractivity contribution in [3.63, 3.8) is 0 Å². The van der Waals surface area contributed by atoms with Gasteiger partial charge in [-0.1, -0.05) is 43.0 Å². The van der Waals surface area contributed by atoms with E-state index in [0.717, 1.165) is 28.3 Å². The van der Waals surface area contributed by atoms with Crippen molar-refractivity contribution in [2.75, 3.05) is 0 Å². The van der Waals surface area contributed by atoms with Gasteiger partial charge < -0.3 is 10.5 Å². The van der Waals surface area contributed by atoms with E-state index in [4.69, 9.17) is 11.0 Å². The van der Waals surface area contributed by atoms with Crippen molar-refractivity contribution in [1.82, 2.24) is 0 Å². The van der Waals surface area contributed by atoms with Crippen LogP contribution in [0.15, 0.2) is 60.7 Å². The van der Waals surface area contributed by atoms with Crippen LogP contribution in [0.2, 0.25) is 0 Å². The summed E-state index contributed by atoms with van der Waals surface area (Å²) in [6.07, 6.45) is 0.320. The summed E-state index contributed by atoms with van der Waals surface area (Å²) < 4.78 is 4.58. The van der Waals surface area contributed by atoms with Crippen molar-refractivity contribution in [2.45, 2.75) is 39.7 Å². The number of carbonyl (C=O) groups is 1. The van der Waals surface area contributed by atoms with Crippen LogP contribution in [0, 0.1) is 23.2 Å². The zero-order valence-corrected chi connectivity index (χ0v) is 17.8. The third kappa shape index (κ3) is 7.34. The topological polar surface area (TPSA) is 76.1 Å². The molecule has 0 saturated heterocycles. The number of primary amides is 1. The lowest BCUT2D eigenvalue weighted by Crippen LogP contribution is -2.27. The second-order valence-electron chi connectivity index (χ2n) is 7.72. The van der Waals surface area contributed by atoms with Crippen LogP contribution >= 0.6 is 0 Å². The van der Waals surface area contributed by atoms with Crippen LogP contribution in [0.3, 0.4) is 0 Å². The van der Waals surface area contributed by atoms with E-state index in [-0.39, 0.29) is 0 Å². The van der Waals surface area contributed by atoms with Crippen molar-refractivity contribution < 1.29 is 9.53 Å². The summed E-state index contributed by atoms with van der Waals surface area (Å²) in [5.41, 5.74) is 8.28. The second-order valence-corrected chi connectivity index (χ2v) is 7.72. The lowest BCUT2D eigenvalue weighted by molar-refractivity contribution is 0.0600. The van der Waals surface area contributed by atoms with Gasteiger partial charge in [-0.2, -0.15) is 5.26 Å². The molecule has 2 N–H and O–H groups in total. The van der Waals surface area contributed by atoms with Gasteiger partial charge in [-0.3, -0.25) is 0 Å². The van der Waals surface area contributed by atoms with E-state index in [1.54, 1.807) is 20.8 Å². The van der Waals surface area contributed by atoms with Gasteiger partial charge in [0.2, 0.25) is 0 Å². The maximum absolute atomic E-state index is 10.0. The summed E-state index contributed by atoms with van der Waals surface area (Å²) in [6.45, 7) is 7.43. The van der Waals surface area contributed by atoms with Crippen molar-refractivity contribution >= 4 is 16.9 Å². The molecule has 0 heterocycles. The molecular weight excluding hydrogens is 372 g/mol. The Hall–Kier alpha value is -3.76. The largest absolute Gasteiger partial charge is 0.444 e. The fraction of sp³-hybridized carbons (Fsp3) is 0.231. The van der Waals surface area contributed by atoms with Gasteiger partial charge in [0.25, 0.3) is 0 Å². The molecule has 152 valence electrons. The van der Waals surface area contributed by atoms with Crippen molar-refractivity contribution in [2.24, 2.45) is 5.73 Å². The van der Waals surface area contributed by atoms with Gasteiger partial charge in [-0.05, 0) is 79.9 Å². The molecule has 0 radical (unpaired) electrons. The summed E-state index contributed by atoms with van der Waals surface area (Å²) in [7, 11) is 0. The van der Waals surface area contributed by atoms with Gasteiger partial charge in [-0.25, -0.2) is 4.79 Å². The molecule has 0 atom stereocenters. The van der Waals surface area contributed by atoms with Crippen LogP contribution in [-0.4, -0.2) is 11.7 Å². The van der Waals surface area contributed by atoms with E-state index in [9.17, 15) is 4.79 Å². The number of fused-ring (bicyclic) bond motifs is 1. The number of rotatable bonds is 1. The van der Waals surface area contributed by atoms with E-state index < -0.39 is 11.7 Å². The molecule has 0 unspecified atom stereocenters. The quantitative estimate of drug-likeness (QED) is 0.546. The van der Waals surface area contributed by atoms with Crippen LogP contribution in [0.5, 0.6) is 0 Å². The molecule has 0 aliphatic heterocycles. The third-order valence-electron chi connectivity index (χ3n) is 4.09. The Balaban J connectivity index is 0.000000343. The number of hydrogen-bond acceptors (Lipinski definition) is 3. The van der Waals surface area contributed by atoms with E-state index in [1.165, 1.54) is 5.56 Å². The lowest BCUT2D eigenvalue weighted by Gasteiger charge is -2.16. The van der Waals surface area contributed by atoms with E-state index in [1.807, 2.05) is 30.3 Å². The van der Waals surface area contributed by atoms with Crippen molar-refractivity contribution in [3.8, 4) is 17.9 Å². The minimum Gasteiger partial charge on any atom is -0.444 e. The standard InChI is InChI=1S/C21H15N.C5H11NO2/c1-2-16-3-5-17(6-4-16)7-8-18-9-11-21-14-19(15-22)10-12-20(21)13-18;1-5(2,3)8-4(6)7/h3-6,9-14H,2H2,1H3;1-3H3,(H2,6,7). The molecule has 0 fully saturated rings. The van der Waals surface area contributed by atoms with Crippen molar-refractivity contribution in [1.29, 1.82) is 5.26 Å². The predicted octanol–water partition coefficient (Wildman–Crippen LogP) is 5.55. The van der Waals surface area contributed by atoms with Gasteiger partial charge in [0.05, 0.1) is 11.6 Å². The number of nitriles is 1. The second kappa shape index (κ2) is 10.1. The summed E-state index contributed by atoms with van der Waals surface area (Å²) in [6, 6.07) is 22.3. The minimum atomic E-state index is -0.725. The van der Waals surface area contributed by atoms with Crippen LogP contribution in [0.1, 0.15) is 49.9 Å². The first kappa shape index (κ1) is 22.5. The first-order valence-corrected chi connectivity index (χ1v) is 9.73. The van der Waals surface area contributed by atoms with Gasteiger partial charge in [-0.15, -0.1) is 0 Å². The number of carbonyl (C=O) groups excluding carboxylic acids is 1. The molecule has 0 aliphatic rings. The molecule has 1 amide bonds. The number of aryl methyl sites for hydroxylation is 1. The van der Waals surface area contributed by atoms with Crippen LogP contribution in [0.25, 0.3) is 10.8 Å². The third-order valence-corrected chi connectivity index (χ3v) is 4.09. The number of ether oxygens (including phenoxy) is 1. The predicted molar refractivity (Wildman–Crippen MR) is 121 cm³/mol. The highest BCUT2D eigenvalue weighted by molar-refractivity contribution is 5.85. The summed E-state index contributed by atoms with van der Waals surface area (Å²) >= 11 is 0. The number of nitrogens with two attached hydrogens (primary N) is 1. The molecule has 3 aromatic carbocycles. The maximum atomic E-state index is 10.0. The molecule has 0 aliphatic carbocycles. The van der Waals surface area contributed by atoms with E-state index in [2.05, 4.69) is 59.9 Å². The Morgan fingerprint density at radius 3 is 1.87 bits per heavy atom. The average Bonchev–Trinajstić information content (AvgIpc) is 2.70. The Morgan fingerprint density at radius 2 is 1.40 bits per heavy atom. The summed E-state index contributed by atoms with van der Waals surface area (Å²) in [4.78, 5) is 10.0. The summed E-state index contributed by atoms with van der Waals surface area (Å²) in [5.74, 6) is 6.40. The zero-order valence-electron chi connectivity index (χ0n) is 17.8. The molecular formula is C26H26N2O2. The normalized spacial score (nSPS) is 10.1. The fourth-order valence-electron chi connectivity index (χ4n) is 2.66. The number of benzene rings is 3. The molecule has 4 heteroatoms. The molecule has 4 nitrogen and oxygen atoms in total.